The number of rotatable bonds is 7. The average Bonchev–Trinajstić information content (AvgIpc) is 3.07. The molecule has 1 saturated carbocycles. The largest absolute Gasteiger partial charge is 0.369 e. The van der Waals surface area contributed by atoms with E-state index >= 15 is 0 Å². The number of Topliss-reactive ketones (excluding diaryl/α,β-unsaturated/α-hetero) is 1. The molecule has 1 aromatic rings. The Morgan fingerprint density at radius 2 is 1.93 bits per heavy atom. The highest BCUT2D eigenvalue weighted by atomic mass is 16.1. The standard InChI is InChI=1S/C24H33N3O2/c1-17-6-8-20(24(25)29)15-18(14-17)7-9-23(28)22-5-3-2-4-19(22)16-21-10-11-26-12-13-27-21/h2-5,12-13,17-18,20-21H,6-11,14-16H2,1H3,(H2,25,29). The summed E-state index contributed by atoms with van der Waals surface area (Å²) >= 11 is 0. The maximum atomic E-state index is 13.0. The highest BCUT2D eigenvalue weighted by molar-refractivity contribution is 6.16. The molecule has 156 valence electrons. The van der Waals surface area contributed by atoms with E-state index in [0.717, 1.165) is 62.6 Å². The lowest BCUT2D eigenvalue weighted by Gasteiger charge is -2.19. The highest BCUT2D eigenvalue weighted by Gasteiger charge is 2.27. The first-order chi connectivity index (χ1) is 14.0. The Kier molecular flexibility index (Phi) is 7.73. The van der Waals surface area contributed by atoms with E-state index in [1.54, 1.807) is 12.4 Å². The molecular weight excluding hydrogens is 362 g/mol. The fourth-order valence-electron chi connectivity index (χ4n) is 4.71. The summed E-state index contributed by atoms with van der Waals surface area (Å²) in [4.78, 5) is 33.6. The highest BCUT2D eigenvalue weighted by Crippen LogP contribution is 2.34. The quantitative estimate of drug-likeness (QED) is 0.558. The van der Waals surface area contributed by atoms with Gasteiger partial charge in [0.15, 0.2) is 5.78 Å². The number of carbonyl (C=O) groups excluding carboxylic acids is 2. The maximum Gasteiger partial charge on any atom is 0.220 e. The average molecular weight is 396 g/mol. The fraction of sp³-hybridized carbons (Fsp3) is 0.583. The van der Waals surface area contributed by atoms with Crippen LogP contribution in [0.25, 0.3) is 0 Å². The van der Waals surface area contributed by atoms with Crippen LogP contribution in [-0.4, -0.2) is 36.7 Å². The Morgan fingerprint density at radius 3 is 2.76 bits per heavy atom. The zero-order chi connectivity index (χ0) is 20.6. The third kappa shape index (κ3) is 6.34. The van der Waals surface area contributed by atoms with E-state index in [1.807, 2.05) is 24.3 Å². The molecule has 0 saturated heterocycles. The molecule has 2 N–H and O–H groups in total. The van der Waals surface area contributed by atoms with Gasteiger partial charge in [-0.25, -0.2) is 0 Å². The van der Waals surface area contributed by atoms with Gasteiger partial charge in [0.25, 0.3) is 0 Å². The van der Waals surface area contributed by atoms with Crippen LogP contribution in [0.1, 0.15) is 67.8 Å². The van der Waals surface area contributed by atoms with Crippen molar-refractivity contribution in [3.05, 3.63) is 35.4 Å². The second-order valence-corrected chi connectivity index (χ2v) is 8.74. The third-order valence-corrected chi connectivity index (χ3v) is 6.38. The smallest absolute Gasteiger partial charge is 0.220 e. The van der Waals surface area contributed by atoms with E-state index in [1.165, 1.54) is 0 Å². The molecule has 1 aliphatic heterocycles. The van der Waals surface area contributed by atoms with Gasteiger partial charge in [-0.2, -0.15) is 0 Å². The molecule has 3 rings (SSSR count). The number of benzene rings is 1. The summed E-state index contributed by atoms with van der Waals surface area (Å²) in [5.74, 6) is 0.949. The summed E-state index contributed by atoms with van der Waals surface area (Å²) in [6.45, 7) is 3.02. The van der Waals surface area contributed by atoms with Crippen LogP contribution in [0.5, 0.6) is 0 Å². The number of carbonyl (C=O) groups is 2. The van der Waals surface area contributed by atoms with Crippen LogP contribution in [-0.2, 0) is 11.2 Å². The van der Waals surface area contributed by atoms with Crippen molar-refractivity contribution in [1.82, 2.24) is 0 Å². The first-order valence-corrected chi connectivity index (χ1v) is 10.9. The predicted molar refractivity (Wildman–Crippen MR) is 118 cm³/mol. The normalized spacial score (nSPS) is 27.2. The Morgan fingerprint density at radius 1 is 1.10 bits per heavy atom. The third-order valence-electron chi connectivity index (χ3n) is 6.38. The molecule has 1 amide bonds. The molecule has 1 aliphatic carbocycles. The molecule has 29 heavy (non-hydrogen) atoms. The van der Waals surface area contributed by atoms with E-state index in [-0.39, 0.29) is 23.7 Å². The van der Waals surface area contributed by atoms with Crippen LogP contribution in [0.15, 0.2) is 34.3 Å². The van der Waals surface area contributed by atoms with Crippen molar-refractivity contribution < 1.29 is 9.59 Å². The second kappa shape index (κ2) is 10.5. The number of primary amides is 1. The van der Waals surface area contributed by atoms with Crippen LogP contribution in [0.3, 0.4) is 0 Å². The summed E-state index contributed by atoms with van der Waals surface area (Å²) in [6, 6.07) is 8.09. The number of nitrogens with two attached hydrogens (primary N) is 1. The Bertz CT molecular complexity index is 771. The molecular formula is C24H33N3O2. The number of hydrogen-bond donors (Lipinski definition) is 1. The molecule has 1 fully saturated rings. The second-order valence-electron chi connectivity index (χ2n) is 8.74. The Hall–Kier alpha value is -2.30. The minimum absolute atomic E-state index is 0.0392. The van der Waals surface area contributed by atoms with Crippen LogP contribution in [0.2, 0.25) is 0 Å². The van der Waals surface area contributed by atoms with E-state index in [4.69, 9.17) is 5.73 Å². The zero-order valence-electron chi connectivity index (χ0n) is 17.4. The number of ketones is 1. The van der Waals surface area contributed by atoms with Crippen LogP contribution in [0.4, 0.5) is 0 Å². The maximum absolute atomic E-state index is 13.0. The molecule has 4 unspecified atom stereocenters. The molecule has 5 heteroatoms. The Labute approximate surface area is 173 Å². The number of amides is 1. The molecule has 4 atom stereocenters. The predicted octanol–water partition coefficient (Wildman–Crippen LogP) is 4.03. The van der Waals surface area contributed by atoms with Crippen molar-refractivity contribution in [3.8, 4) is 0 Å². The van der Waals surface area contributed by atoms with Crippen molar-refractivity contribution in [3.63, 3.8) is 0 Å². The summed E-state index contributed by atoms with van der Waals surface area (Å²) in [5, 5.41) is 0. The van der Waals surface area contributed by atoms with Gasteiger partial charge in [-0.15, -0.1) is 0 Å². The number of aliphatic imine (C=N–C) groups is 2. The summed E-state index contributed by atoms with van der Waals surface area (Å²) in [6.07, 6.45) is 10.4. The SMILES string of the molecule is CC1CCC(C(N)=O)CC(CCC(=O)c2ccccc2CC2CCN=CC=N2)C1. The molecule has 0 bridgehead atoms. The summed E-state index contributed by atoms with van der Waals surface area (Å²) in [7, 11) is 0. The van der Waals surface area contributed by atoms with Gasteiger partial charge < -0.3 is 5.73 Å². The van der Waals surface area contributed by atoms with Gasteiger partial charge in [-0.05, 0) is 62.3 Å². The summed E-state index contributed by atoms with van der Waals surface area (Å²) < 4.78 is 0. The van der Waals surface area contributed by atoms with Gasteiger partial charge in [0.2, 0.25) is 5.91 Å². The lowest BCUT2D eigenvalue weighted by Crippen LogP contribution is -2.24. The monoisotopic (exact) mass is 395 g/mol. The molecule has 0 aromatic heterocycles. The van der Waals surface area contributed by atoms with Crippen LogP contribution < -0.4 is 5.73 Å². The van der Waals surface area contributed by atoms with Crippen molar-refractivity contribution in [2.45, 2.75) is 64.3 Å². The van der Waals surface area contributed by atoms with E-state index in [0.29, 0.717) is 18.3 Å². The van der Waals surface area contributed by atoms with E-state index < -0.39 is 0 Å². The van der Waals surface area contributed by atoms with Crippen molar-refractivity contribution in [2.75, 3.05) is 6.54 Å². The topological polar surface area (TPSA) is 84.9 Å². The van der Waals surface area contributed by atoms with Crippen molar-refractivity contribution in [1.29, 1.82) is 0 Å². The molecule has 0 radical (unpaired) electrons. The van der Waals surface area contributed by atoms with Crippen molar-refractivity contribution >= 4 is 24.1 Å². The van der Waals surface area contributed by atoms with Gasteiger partial charge in [0.05, 0.1) is 6.04 Å². The van der Waals surface area contributed by atoms with E-state index in [9.17, 15) is 9.59 Å². The van der Waals surface area contributed by atoms with Gasteiger partial charge in [0.1, 0.15) is 0 Å². The molecule has 0 spiro atoms. The van der Waals surface area contributed by atoms with Gasteiger partial charge in [0, 0.05) is 36.9 Å². The van der Waals surface area contributed by atoms with Gasteiger partial charge >= 0.3 is 0 Å². The van der Waals surface area contributed by atoms with Crippen LogP contribution in [0, 0.1) is 17.8 Å². The fourth-order valence-corrected chi connectivity index (χ4v) is 4.71. The number of hydrogen-bond acceptors (Lipinski definition) is 4. The van der Waals surface area contributed by atoms with Gasteiger partial charge in [-0.1, -0.05) is 31.2 Å². The minimum atomic E-state index is -0.186. The first kappa shape index (κ1) is 21.4. The van der Waals surface area contributed by atoms with Gasteiger partial charge in [-0.3, -0.25) is 19.6 Å². The van der Waals surface area contributed by atoms with Crippen LogP contribution >= 0.6 is 0 Å². The lowest BCUT2D eigenvalue weighted by molar-refractivity contribution is -0.122. The zero-order valence-corrected chi connectivity index (χ0v) is 17.4. The van der Waals surface area contributed by atoms with Crippen molar-refractivity contribution in [2.24, 2.45) is 33.5 Å². The molecule has 1 heterocycles. The Balaban J connectivity index is 1.62. The van der Waals surface area contributed by atoms with E-state index in [2.05, 4.69) is 16.9 Å². The molecule has 1 aromatic carbocycles. The lowest BCUT2D eigenvalue weighted by atomic mass is 9.86. The summed E-state index contributed by atoms with van der Waals surface area (Å²) in [5.41, 5.74) is 7.48. The minimum Gasteiger partial charge on any atom is -0.369 e. The molecule has 2 aliphatic rings. The molecule has 5 nitrogen and oxygen atoms in total. The first-order valence-electron chi connectivity index (χ1n) is 10.9. The number of nitrogens with zero attached hydrogens (tertiary/aromatic N) is 2.